The Morgan fingerprint density at radius 2 is 1.92 bits per heavy atom. The summed E-state index contributed by atoms with van der Waals surface area (Å²) in [7, 11) is 0. The highest BCUT2D eigenvalue weighted by atomic mass is 79.9. The Balaban J connectivity index is 1.87. The molecule has 0 spiro atoms. The zero-order chi connectivity index (χ0) is 18.4. The van der Waals surface area contributed by atoms with Crippen molar-refractivity contribution in [3.8, 4) is 5.75 Å². The molecular formula is C15H12Br2F2N2O3S. The third-order valence-electron chi connectivity index (χ3n) is 2.92. The molecule has 134 valence electrons. The maximum absolute atomic E-state index is 12.4. The molecule has 0 radical (unpaired) electrons. The molecule has 0 aliphatic heterocycles. The van der Waals surface area contributed by atoms with Crippen LogP contribution in [0.15, 0.2) is 38.6 Å². The van der Waals surface area contributed by atoms with Crippen molar-refractivity contribution >= 4 is 55.0 Å². The topological polar surface area (TPSA) is 67.4 Å². The molecule has 2 rings (SSSR count). The number of carbonyl (C=O) groups is 2. The van der Waals surface area contributed by atoms with Gasteiger partial charge in [-0.05, 0) is 46.3 Å². The average Bonchev–Trinajstić information content (AvgIpc) is 2.99. The summed E-state index contributed by atoms with van der Waals surface area (Å²) in [5.41, 5.74) is 0.386. The van der Waals surface area contributed by atoms with Crippen LogP contribution in [-0.2, 0) is 11.3 Å². The van der Waals surface area contributed by atoms with Gasteiger partial charge in [-0.1, -0.05) is 15.9 Å². The van der Waals surface area contributed by atoms with Crippen molar-refractivity contribution < 1.29 is 23.1 Å². The van der Waals surface area contributed by atoms with Crippen molar-refractivity contribution in [2.45, 2.75) is 13.2 Å². The third kappa shape index (κ3) is 6.37. The minimum absolute atomic E-state index is 0.0131. The van der Waals surface area contributed by atoms with Crippen molar-refractivity contribution in [2.75, 3.05) is 6.54 Å². The lowest BCUT2D eigenvalue weighted by molar-refractivity contribution is -0.120. The molecule has 0 aliphatic carbocycles. The highest BCUT2D eigenvalue weighted by Gasteiger charge is 2.13. The first kappa shape index (κ1) is 19.8. The van der Waals surface area contributed by atoms with Crippen LogP contribution >= 0.6 is 43.2 Å². The van der Waals surface area contributed by atoms with Gasteiger partial charge in [0, 0.05) is 16.6 Å². The molecule has 0 unspecified atom stereocenters. The van der Waals surface area contributed by atoms with E-state index in [9.17, 15) is 18.4 Å². The first-order chi connectivity index (χ1) is 11.8. The molecular weight excluding hydrogens is 486 g/mol. The molecule has 1 aromatic carbocycles. The van der Waals surface area contributed by atoms with E-state index in [0.717, 1.165) is 3.79 Å². The largest absolute Gasteiger partial charge is 0.434 e. The molecule has 10 heteroatoms. The highest BCUT2D eigenvalue weighted by molar-refractivity contribution is 9.11. The molecule has 0 bridgehead atoms. The SMILES string of the molecule is O=C(CNC(=O)c1ccc(Br)s1)NCc1cc(Br)ccc1OC(F)F. The number of halogens is 4. The van der Waals surface area contributed by atoms with Crippen LogP contribution < -0.4 is 15.4 Å². The highest BCUT2D eigenvalue weighted by Crippen LogP contribution is 2.25. The second-order valence-electron chi connectivity index (χ2n) is 4.69. The van der Waals surface area contributed by atoms with Crippen LogP contribution in [0.25, 0.3) is 0 Å². The molecule has 2 aromatic rings. The molecule has 1 heterocycles. The van der Waals surface area contributed by atoms with Gasteiger partial charge in [-0.3, -0.25) is 9.59 Å². The van der Waals surface area contributed by atoms with Gasteiger partial charge in [0.2, 0.25) is 5.91 Å². The number of benzene rings is 1. The number of rotatable bonds is 7. The summed E-state index contributed by atoms with van der Waals surface area (Å²) >= 11 is 7.73. The number of ether oxygens (including phenoxy) is 1. The Bertz CT molecular complexity index is 771. The fraction of sp³-hybridized carbons (Fsp3) is 0.200. The standard InChI is InChI=1S/C15H12Br2F2N2O3S/c16-9-1-2-10(24-15(18)19)8(5-9)6-20-13(22)7-21-14(23)11-3-4-12(17)25-11/h1-5,15H,6-7H2,(H,20,22)(H,21,23). The third-order valence-corrected chi connectivity index (χ3v) is 5.04. The van der Waals surface area contributed by atoms with Crippen molar-refractivity contribution in [1.82, 2.24) is 10.6 Å². The molecule has 2 N–H and O–H groups in total. The van der Waals surface area contributed by atoms with Crippen molar-refractivity contribution in [3.63, 3.8) is 0 Å². The Kier molecular flexibility index (Phi) is 7.33. The molecule has 0 saturated carbocycles. The molecule has 0 saturated heterocycles. The van der Waals surface area contributed by atoms with Crippen molar-refractivity contribution in [3.05, 3.63) is 49.0 Å². The Hall–Kier alpha value is -1.52. The van der Waals surface area contributed by atoms with E-state index >= 15 is 0 Å². The predicted octanol–water partition coefficient (Wildman–Crippen LogP) is 3.92. The van der Waals surface area contributed by atoms with E-state index in [4.69, 9.17) is 0 Å². The van der Waals surface area contributed by atoms with Gasteiger partial charge in [-0.25, -0.2) is 0 Å². The minimum atomic E-state index is -2.96. The second-order valence-corrected chi connectivity index (χ2v) is 8.07. The first-order valence-electron chi connectivity index (χ1n) is 6.88. The van der Waals surface area contributed by atoms with Gasteiger partial charge in [-0.2, -0.15) is 8.78 Å². The Labute approximate surface area is 163 Å². The summed E-state index contributed by atoms with van der Waals surface area (Å²) in [6.45, 7) is -3.20. The first-order valence-corrected chi connectivity index (χ1v) is 9.29. The van der Waals surface area contributed by atoms with Crippen molar-refractivity contribution in [1.29, 1.82) is 0 Å². The molecule has 25 heavy (non-hydrogen) atoms. The van der Waals surface area contributed by atoms with E-state index in [2.05, 4.69) is 47.2 Å². The number of alkyl halides is 2. The normalized spacial score (nSPS) is 10.6. The molecule has 5 nitrogen and oxygen atoms in total. The van der Waals surface area contributed by atoms with E-state index in [1.165, 1.54) is 17.4 Å². The monoisotopic (exact) mass is 496 g/mol. The fourth-order valence-electron chi connectivity index (χ4n) is 1.84. The maximum atomic E-state index is 12.4. The van der Waals surface area contributed by atoms with E-state index in [0.29, 0.717) is 14.9 Å². The quantitative estimate of drug-likeness (QED) is 0.609. The number of hydrogen-bond donors (Lipinski definition) is 2. The maximum Gasteiger partial charge on any atom is 0.387 e. The average molecular weight is 498 g/mol. The second kappa shape index (κ2) is 9.25. The molecule has 0 fully saturated rings. The lowest BCUT2D eigenvalue weighted by Gasteiger charge is -2.12. The van der Waals surface area contributed by atoms with Crippen LogP contribution in [0.5, 0.6) is 5.75 Å². The Morgan fingerprint density at radius 3 is 2.56 bits per heavy atom. The lowest BCUT2D eigenvalue weighted by Crippen LogP contribution is -2.36. The van der Waals surface area contributed by atoms with Crippen LogP contribution in [0, 0.1) is 0 Å². The van der Waals surface area contributed by atoms with Gasteiger partial charge in [0.05, 0.1) is 15.2 Å². The predicted molar refractivity (Wildman–Crippen MR) is 97.0 cm³/mol. The minimum Gasteiger partial charge on any atom is -0.434 e. The zero-order valence-corrected chi connectivity index (χ0v) is 16.5. The fourth-order valence-corrected chi connectivity index (χ4v) is 3.55. The number of nitrogens with one attached hydrogen (secondary N) is 2. The molecule has 0 atom stereocenters. The number of thiophene rings is 1. The summed E-state index contributed by atoms with van der Waals surface area (Å²) in [5, 5.41) is 5.03. The van der Waals surface area contributed by atoms with Crippen LogP contribution in [0.2, 0.25) is 0 Å². The van der Waals surface area contributed by atoms with Gasteiger partial charge < -0.3 is 15.4 Å². The zero-order valence-electron chi connectivity index (χ0n) is 12.5. The van der Waals surface area contributed by atoms with E-state index in [-0.39, 0.29) is 24.7 Å². The Morgan fingerprint density at radius 1 is 1.16 bits per heavy atom. The van der Waals surface area contributed by atoms with E-state index < -0.39 is 12.5 Å². The van der Waals surface area contributed by atoms with Crippen LogP contribution in [-0.4, -0.2) is 25.0 Å². The summed E-state index contributed by atoms with van der Waals surface area (Å²) in [4.78, 5) is 24.2. The van der Waals surface area contributed by atoms with Gasteiger partial charge in [0.15, 0.2) is 0 Å². The molecule has 0 aliphatic rings. The molecule has 1 aromatic heterocycles. The number of carbonyl (C=O) groups excluding carboxylic acids is 2. The summed E-state index contributed by atoms with van der Waals surface area (Å²) in [6, 6.07) is 7.88. The number of hydrogen-bond acceptors (Lipinski definition) is 4. The van der Waals surface area contributed by atoms with Gasteiger partial charge in [0.1, 0.15) is 5.75 Å². The van der Waals surface area contributed by atoms with Crippen molar-refractivity contribution in [2.24, 2.45) is 0 Å². The smallest absolute Gasteiger partial charge is 0.387 e. The summed E-state index contributed by atoms with van der Waals surface area (Å²) in [6.07, 6.45) is 0. The van der Waals surface area contributed by atoms with Crippen LogP contribution in [0.4, 0.5) is 8.78 Å². The van der Waals surface area contributed by atoms with E-state index in [1.807, 2.05) is 0 Å². The number of amides is 2. The summed E-state index contributed by atoms with van der Waals surface area (Å²) in [5.74, 6) is -0.840. The molecule has 2 amide bonds. The lowest BCUT2D eigenvalue weighted by atomic mass is 10.2. The van der Waals surface area contributed by atoms with Gasteiger partial charge in [-0.15, -0.1) is 11.3 Å². The van der Waals surface area contributed by atoms with Crippen LogP contribution in [0.1, 0.15) is 15.2 Å². The summed E-state index contributed by atoms with van der Waals surface area (Å²) < 4.78 is 30.7. The van der Waals surface area contributed by atoms with Gasteiger partial charge >= 0.3 is 6.61 Å². The van der Waals surface area contributed by atoms with E-state index in [1.54, 1.807) is 24.3 Å². The van der Waals surface area contributed by atoms with Crippen LogP contribution in [0.3, 0.4) is 0 Å². The van der Waals surface area contributed by atoms with Gasteiger partial charge in [0.25, 0.3) is 5.91 Å².